The van der Waals surface area contributed by atoms with Crippen LogP contribution in [0, 0.1) is 11.2 Å². The molecular formula is C17H22FNO4. The maximum absolute atomic E-state index is 13.6. The van der Waals surface area contributed by atoms with Gasteiger partial charge in [0.15, 0.2) is 11.6 Å². The third-order valence-electron chi connectivity index (χ3n) is 4.45. The van der Waals surface area contributed by atoms with E-state index < -0.39 is 23.1 Å². The lowest BCUT2D eigenvalue weighted by atomic mass is 9.77. The first-order valence-electron chi connectivity index (χ1n) is 7.84. The number of hydrogen-bond acceptors (Lipinski definition) is 3. The molecule has 126 valence electrons. The van der Waals surface area contributed by atoms with Crippen molar-refractivity contribution in [3.8, 4) is 5.75 Å². The highest BCUT2D eigenvalue weighted by Gasteiger charge is 2.40. The van der Waals surface area contributed by atoms with E-state index >= 15 is 0 Å². The van der Waals surface area contributed by atoms with E-state index in [2.05, 4.69) is 5.32 Å². The van der Waals surface area contributed by atoms with Gasteiger partial charge in [-0.05, 0) is 25.0 Å². The summed E-state index contributed by atoms with van der Waals surface area (Å²) >= 11 is 0. The lowest BCUT2D eigenvalue weighted by Gasteiger charge is -2.27. The molecule has 0 spiro atoms. The molecule has 1 amide bonds. The van der Waals surface area contributed by atoms with Crippen molar-refractivity contribution in [2.45, 2.75) is 44.9 Å². The fourth-order valence-corrected chi connectivity index (χ4v) is 3.13. The molecule has 0 aliphatic heterocycles. The maximum atomic E-state index is 13.6. The van der Waals surface area contributed by atoms with E-state index in [1.165, 1.54) is 19.2 Å². The number of aliphatic carboxylic acids is 1. The average molecular weight is 323 g/mol. The first-order chi connectivity index (χ1) is 11.0. The van der Waals surface area contributed by atoms with Crippen LogP contribution in [0.5, 0.6) is 5.75 Å². The fraction of sp³-hybridized carbons (Fsp3) is 0.529. The van der Waals surface area contributed by atoms with Gasteiger partial charge in [-0.1, -0.05) is 25.7 Å². The largest absolute Gasteiger partial charge is 0.494 e. The molecule has 1 aliphatic rings. The summed E-state index contributed by atoms with van der Waals surface area (Å²) in [6.45, 7) is 0. The van der Waals surface area contributed by atoms with E-state index in [1.807, 2.05) is 0 Å². The smallest absolute Gasteiger partial charge is 0.310 e. The van der Waals surface area contributed by atoms with Crippen molar-refractivity contribution in [1.29, 1.82) is 0 Å². The van der Waals surface area contributed by atoms with Gasteiger partial charge in [0, 0.05) is 18.2 Å². The molecule has 23 heavy (non-hydrogen) atoms. The maximum Gasteiger partial charge on any atom is 0.310 e. The summed E-state index contributed by atoms with van der Waals surface area (Å²) in [5, 5.41) is 12.2. The average Bonchev–Trinajstić information content (AvgIpc) is 2.74. The summed E-state index contributed by atoms with van der Waals surface area (Å²) < 4.78 is 18.5. The Morgan fingerprint density at radius 1 is 1.26 bits per heavy atom. The molecule has 2 N–H and O–H groups in total. The van der Waals surface area contributed by atoms with Crippen LogP contribution in [0.2, 0.25) is 0 Å². The van der Waals surface area contributed by atoms with Crippen molar-refractivity contribution < 1.29 is 23.8 Å². The molecule has 0 aromatic heterocycles. The molecule has 0 bridgehead atoms. The number of hydrogen-bond donors (Lipinski definition) is 2. The van der Waals surface area contributed by atoms with Crippen molar-refractivity contribution in [2.75, 3.05) is 12.4 Å². The minimum absolute atomic E-state index is 0.0873. The second kappa shape index (κ2) is 7.44. The molecule has 1 aromatic carbocycles. The van der Waals surface area contributed by atoms with Gasteiger partial charge in [0.2, 0.25) is 5.91 Å². The number of anilines is 1. The summed E-state index contributed by atoms with van der Waals surface area (Å²) in [4.78, 5) is 23.9. The fourth-order valence-electron chi connectivity index (χ4n) is 3.13. The zero-order chi connectivity index (χ0) is 16.9. The molecule has 2 rings (SSSR count). The summed E-state index contributed by atoms with van der Waals surface area (Å²) in [5.74, 6) is -1.81. The minimum atomic E-state index is -1.01. The number of ether oxygens (including phenoxy) is 1. The Labute approximate surface area is 134 Å². The van der Waals surface area contributed by atoms with E-state index in [4.69, 9.17) is 4.74 Å². The van der Waals surface area contributed by atoms with Gasteiger partial charge < -0.3 is 15.2 Å². The van der Waals surface area contributed by atoms with Gasteiger partial charge >= 0.3 is 5.97 Å². The van der Waals surface area contributed by atoms with Crippen LogP contribution in [-0.4, -0.2) is 24.1 Å². The van der Waals surface area contributed by atoms with Gasteiger partial charge in [-0.15, -0.1) is 0 Å². The van der Waals surface area contributed by atoms with Gasteiger partial charge in [0.05, 0.1) is 12.5 Å². The van der Waals surface area contributed by atoms with E-state index in [-0.39, 0.29) is 12.2 Å². The van der Waals surface area contributed by atoms with Gasteiger partial charge in [0.25, 0.3) is 0 Å². The molecular weight excluding hydrogens is 301 g/mol. The molecule has 0 atom stereocenters. The monoisotopic (exact) mass is 323 g/mol. The van der Waals surface area contributed by atoms with Crippen LogP contribution >= 0.6 is 0 Å². The predicted molar refractivity (Wildman–Crippen MR) is 84.0 cm³/mol. The van der Waals surface area contributed by atoms with Crippen LogP contribution < -0.4 is 10.1 Å². The first kappa shape index (κ1) is 17.2. The third kappa shape index (κ3) is 4.21. The minimum Gasteiger partial charge on any atom is -0.494 e. The van der Waals surface area contributed by atoms with Crippen LogP contribution in [0.4, 0.5) is 10.1 Å². The predicted octanol–water partition coefficient (Wildman–Crippen LogP) is 3.59. The van der Waals surface area contributed by atoms with Crippen LogP contribution in [0.25, 0.3) is 0 Å². The highest BCUT2D eigenvalue weighted by atomic mass is 19.1. The summed E-state index contributed by atoms with van der Waals surface area (Å²) in [5.41, 5.74) is -0.714. The third-order valence-corrected chi connectivity index (χ3v) is 4.45. The number of amides is 1. The van der Waals surface area contributed by atoms with Crippen molar-refractivity contribution in [3.05, 3.63) is 24.0 Å². The second-order valence-electron chi connectivity index (χ2n) is 6.07. The van der Waals surface area contributed by atoms with Gasteiger partial charge in [-0.3, -0.25) is 9.59 Å². The van der Waals surface area contributed by atoms with Crippen molar-refractivity contribution in [1.82, 2.24) is 0 Å². The molecule has 0 radical (unpaired) electrons. The number of nitrogens with one attached hydrogen (secondary N) is 1. The molecule has 1 saturated carbocycles. The highest BCUT2D eigenvalue weighted by molar-refractivity contribution is 5.94. The number of rotatable bonds is 5. The molecule has 1 fully saturated rings. The summed E-state index contributed by atoms with van der Waals surface area (Å²) in [6, 6.07) is 4.11. The van der Waals surface area contributed by atoms with Gasteiger partial charge in [-0.2, -0.15) is 0 Å². The van der Waals surface area contributed by atoms with Gasteiger partial charge in [-0.25, -0.2) is 4.39 Å². The number of carbonyl (C=O) groups is 2. The highest BCUT2D eigenvalue weighted by Crippen LogP contribution is 2.38. The topological polar surface area (TPSA) is 75.6 Å². The molecule has 1 aromatic rings. The van der Waals surface area contributed by atoms with E-state index in [0.717, 1.165) is 31.7 Å². The Hall–Kier alpha value is -2.11. The zero-order valence-electron chi connectivity index (χ0n) is 13.2. The SMILES string of the molecule is COc1ccc(NC(=O)CC2(C(=O)O)CCCCCC2)cc1F. The number of halogens is 1. The zero-order valence-corrected chi connectivity index (χ0v) is 13.2. The quantitative estimate of drug-likeness (QED) is 0.812. The lowest BCUT2D eigenvalue weighted by molar-refractivity contribution is -0.152. The molecule has 0 saturated heterocycles. The second-order valence-corrected chi connectivity index (χ2v) is 6.07. The van der Waals surface area contributed by atoms with Crippen molar-refractivity contribution in [2.24, 2.45) is 5.41 Å². The van der Waals surface area contributed by atoms with Gasteiger partial charge in [0.1, 0.15) is 0 Å². The number of methoxy groups -OCH3 is 1. The van der Waals surface area contributed by atoms with Crippen molar-refractivity contribution >= 4 is 17.6 Å². The standard InChI is InChI=1S/C17H22FNO4/c1-23-14-7-6-12(10-13(14)18)19-15(20)11-17(16(21)22)8-4-2-3-5-9-17/h6-7,10H,2-5,8-9,11H2,1H3,(H,19,20)(H,21,22). The van der Waals surface area contributed by atoms with Crippen LogP contribution in [0.1, 0.15) is 44.9 Å². The Kier molecular flexibility index (Phi) is 5.58. The molecule has 1 aliphatic carbocycles. The van der Waals surface area contributed by atoms with E-state index in [0.29, 0.717) is 18.5 Å². The first-order valence-corrected chi connectivity index (χ1v) is 7.84. The van der Waals surface area contributed by atoms with Crippen LogP contribution in [0.3, 0.4) is 0 Å². The Morgan fingerprint density at radius 3 is 2.43 bits per heavy atom. The Bertz CT molecular complexity index is 580. The number of carboxylic acid groups (broad SMARTS) is 1. The molecule has 0 unspecified atom stereocenters. The van der Waals surface area contributed by atoms with Crippen molar-refractivity contribution in [3.63, 3.8) is 0 Å². The lowest BCUT2D eigenvalue weighted by Crippen LogP contribution is -2.35. The Balaban J connectivity index is 2.07. The normalized spacial score (nSPS) is 17.1. The van der Waals surface area contributed by atoms with E-state index in [9.17, 15) is 19.1 Å². The number of carbonyl (C=O) groups excluding carboxylic acids is 1. The summed E-state index contributed by atoms with van der Waals surface area (Å²) in [7, 11) is 1.36. The van der Waals surface area contributed by atoms with Crippen LogP contribution in [-0.2, 0) is 9.59 Å². The van der Waals surface area contributed by atoms with Crippen LogP contribution in [0.15, 0.2) is 18.2 Å². The molecule has 0 heterocycles. The molecule has 6 heteroatoms. The number of benzene rings is 1. The molecule has 5 nitrogen and oxygen atoms in total. The van der Waals surface area contributed by atoms with E-state index in [1.54, 1.807) is 0 Å². The number of carboxylic acids is 1. The summed E-state index contributed by atoms with van der Waals surface area (Å²) in [6.07, 6.45) is 4.56. The Morgan fingerprint density at radius 2 is 1.91 bits per heavy atom.